The summed E-state index contributed by atoms with van der Waals surface area (Å²) in [6, 6.07) is 6.44. The van der Waals surface area contributed by atoms with Gasteiger partial charge in [-0.15, -0.1) is 0 Å². The van der Waals surface area contributed by atoms with Crippen LogP contribution in [0, 0.1) is 6.92 Å². The highest BCUT2D eigenvalue weighted by Gasteiger charge is 2.01. The second kappa shape index (κ2) is 4.43. The fraction of sp³-hybridized carbons (Fsp3) is 0.500. The van der Waals surface area contributed by atoms with Crippen LogP contribution in [-0.4, -0.2) is 11.2 Å². The standard InChI is InChI=1S/C12H18O/c1-4-12-6-5-11(7-9(12)2)8-10(3)13/h5-7,10,13H,4,8H2,1-3H3. The van der Waals surface area contributed by atoms with Gasteiger partial charge in [0.2, 0.25) is 0 Å². The first kappa shape index (κ1) is 10.3. The normalized spacial score (nSPS) is 12.9. The Morgan fingerprint density at radius 1 is 1.38 bits per heavy atom. The van der Waals surface area contributed by atoms with Crippen molar-refractivity contribution in [2.24, 2.45) is 0 Å². The second-order valence-corrected chi connectivity index (χ2v) is 3.67. The molecule has 1 rings (SSSR count). The minimum absolute atomic E-state index is 0.244. The molecule has 13 heavy (non-hydrogen) atoms. The number of benzene rings is 1. The summed E-state index contributed by atoms with van der Waals surface area (Å²) in [7, 11) is 0. The van der Waals surface area contributed by atoms with Crippen LogP contribution < -0.4 is 0 Å². The average Bonchev–Trinajstić information content (AvgIpc) is 2.03. The van der Waals surface area contributed by atoms with Crippen LogP contribution in [0.2, 0.25) is 0 Å². The Hall–Kier alpha value is -0.820. The smallest absolute Gasteiger partial charge is 0.0552 e. The Morgan fingerprint density at radius 3 is 2.54 bits per heavy atom. The fourth-order valence-corrected chi connectivity index (χ4v) is 1.62. The quantitative estimate of drug-likeness (QED) is 0.754. The first-order valence-corrected chi connectivity index (χ1v) is 4.90. The molecule has 1 nitrogen and oxygen atoms in total. The number of aliphatic hydroxyl groups is 1. The summed E-state index contributed by atoms with van der Waals surface area (Å²) in [6.07, 6.45) is 1.60. The molecule has 0 fully saturated rings. The lowest BCUT2D eigenvalue weighted by Gasteiger charge is -2.08. The minimum atomic E-state index is -0.244. The summed E-state index contributed by atoms with van der Waals surface area (Å²) < 4.78 is 0. The van der Waals surface area contributed by atoms with Crippen molar-refractivity contribution in [2.75, 3.05) is 0 Å². The molecule has 0 amide bonds. The van der Waals surface area contributed by atoms with Crippen molar-refractivity contribution in [1.29, 1.82) is 0 Å². The average molecular weight is 178 g/mol. The molecule has 0 aliphatic rings. The monoisotopic (exact) mass is 178 g/mol. The lowest BCUT2D eigenvalue weighted by Crippen LogP contribution is -2.04. The van der Waals surface area contributed by atoms with Gasteiger partial charge in [0.25, 0.3) is 0 Å². The Labute approximate surface area is 80.4 Å². The third kappa shape index (κ3) is 2.85. The molecular formula is C12H18O. The number of aliphatic hydroxyl groups excluding tert-OH is 1. The third-order valence-electron chi connectivity index (χ3n) is 2.32. The van der Waals surface area contributed by atoms with Gasteiger partial charge < -0.3 is 5.11 Å². The van der Waals surface area contributed by atoms with Gasteiger partial charge in [-0.2, -0.15) is 0 Å². The zero-order valence-electron chi connectivity index (χ0n) is 8.67. The molecule has 72 valence electrons. The van der Waals surface area contributed by atoms with E-state index in [0.717, 1.165) is 12.8 Å². The van der Waals surface area contributed by atoms with E-state index in [1.807, 2.05) is 6.92 Å². The molecule has 1 heteroatoms. The number of hydrogen-bond donors (Lipinski definition) is 1. The van der Waals surface area contributed by atoms with Gasteiger partial charge in [-0.3, -0.25) is 0 Å². The van der Waals surface area contributed by atoms with E-state index in [1.165, 1.54) is 16.7 Å². The maximum absolute atomic E-state index is 9.22. The van der Waals surface area contributed by atoms with E-state index in [1.54, 1.807) is 0 Å². The Bertz CT molecular complexity index is 276. The lowest BCUT2D eigenvalue weighted by atomic mass is 10.0. The van der Waals surface area contributed by atoms with Crippen molar-refractivity contribution in [1.82, 2.24) is 0 Å². The first-order valence-electron chi connectivity index (χ1n) is 4.90. The fourth-order valence-electron chi connectivity index (χ4n) is 1.62. The van der Waals surface area contributed by atoms with Gasteiger partial charge in [0.1, 0.15) is 0 Å². The summed E-state index contributed by atoms with van der Waals surface area (Å²) in [5.74, 6) is 0. The molecule has 1 N–H and O–H groups in total. The molecule has 0 aliphatic carbocycles. The van der Waals surface area contributed by atoms with Crippen LogP contribution >= 0.6 is 0 Å². The Balaban J connectivity index is 2.83. The van der Waals surface area contributed by atoms with Crippen LogP contribution in [0.1, 0.15) is 30.5 Å². The molecule has 0 aromatic heterocycles. The largest absolute Gasteiger partial charge is 0.393 e. The van der Waals surface area contributed by atoms with E-state index >= 15 is 0 Å². The molecular weight excluding hydrogens is 160 g/mol. The van der Waals surface area contributed by atoms with Gasteiger partial charge in [0, 0.05) is 0 Å². The second-order valence-electron chi connectivity index (χ2n) is 3.67. The zero-order chi connectivity index (χ0) is 9.84. The Kier molecular flexibility index (Phi) is 3.49. The van der Waals surface area contributed by atoms with Gasteiger partial charge in [-0.1, -0.05) is 25.1 Å². The van der Waals surface area contributed by atoms with Crippen LogP contribution in [0.5, 0.6) is 0 Å². The van der Waals surface area contributed by atoms with Crippen LogP contribution in [0.15, 0.2) is 18.2 Å². The molecule has 1 atom stereocenters. The molecule has 0 saturated carbocycles. The molecule has 0 saturated heterocycles. The molecule has 0 radical (unpaired) electrons. The maximum atomic E-state index is 9.22. The number of hydrogen-bond acceptors (Lipinski definition) is 1. The van der Waals surface area contributed by atoms with E-state index in [9.17, 15) is 5.11 Å². The van der Waals surface area contributed by atoms with Gasteiger partial charge in [-0.05, 0) is 43.4 Å². The summed E-state index contributed by atoms with van der Waals surface area (Å²) in [4.78, 5) is 0. The van der Waals surface area contributed by atoms with Crippen LogP contribution in [0.4, 0.5) is 0 Å². The van der Waals surface area contributed by atoms with Gasteiger partial charge >= 0.3 is 0 Å². The van der Waals surface area contributed by atoms with Crippen molar-refractivity contribution in [3.63, 3.8) is 0 Å². The van der Waals surface area contributed by atoms with Crippen molar-refractivity contribution in [2.45, 2.75) is 39.7 Å². The summed E-state index contributed by atoms with van der Waals surface area (Å²) >= 11 is 0. The molecule has 0 heterocycles. The topological polar surface area (TPSA) is 20.2 Å². The van der Waals surface area contributed by atoms with Gasteiger partial charge in [0.05, 0.1) is 6.10 Å². The highest BCUT2D eigenvalue weighted by atomic mass is 16.3. The molecule has 1 aromatic rings. The molecule has 0 spiro atoms. The van der Waals surface area contributed by atoms with E-state index in [4.69, 9.17) is 0 Å². The highest BCUT2D eigenvalue weighted by Crippen LogP contribution is 2.13. The van der Waals surface area contributed by atoms with Crippen molar-refractivity contribution in [3.05, 3.63) is 34.9 Å². The molecule has 0 bridgehead atoms. The molecule has 1 unspecified atom stereocenters. The van der Waals surface area contributed by atoms with Crippen LogP contribution in [0.25, 0.3) is 0 Å². The summed E-state index contributed by atoms with van der Waals surface area (Å²) in [5.41, 5.74) is 3.96. The van der Waals surface area contributed by atoms with Crippen molar-refractivity contribution in [3.8, 4) is 0 Å². The number of aryl methyl sites for hydroxylation is 2. The minimum Gasteiger partial charge on any atom is -0.393 e. The summed E-state index contributed by atoms with van der Waals surface area (Å²) in [5, 5.41) is 9.22. The predicted molar refractivity (Wildman–Crippen MR) is 55.9 cm³/mol. The van der Waals surface area contributed by atoms with Crippen LogP contribution in [0.3, 0.4) is 0 Å². The third-order valence-corrected chi connectivity index (χ3v) is 2.32. The van der Waals surface area contributed by atoms with E-state index < -0.39 is 0 Å². The lowest BCUT2D eigenvalue weighted by molar-refractivity contribution is 0.195. The maximum Gasteiger partial charge on any atom is 0.0552 e. The highest BCUT2D eigenvalue weighted by molar-refractivity contribution is 5.31. The van der Waals surface area contributed by atoms with Crippen LogP contribution in [-0.2, 0) is 12.8 Å². The van der Waals surface area contributed by atoms with E-state index in [-0.39, 0.29) is 6.10 Å². The van der Waals surface area contributed by atoms with Crippen molar-refractivity contribution >= 4 is 0 Å². The first-order chi connectivity index (χ1) is 6.13. The Morgan fingerprint density at radius 2 is 2.08 bits per heavy atom. The predicted octanol–water partition coefficient (Wildman–Crippen LogP) is 2.48. The molecule has 0 aliphatic heterocycles. The number of rotatable bonds is 3. The van der Waals surface area contributed by atoms with Gasteiger partial charge in [0.15, 0.2) is 0 Å². The SMILES string of the molecule is CCc1ccc(CC(C)O)cc1C. The van der Waals surface area contributed by atoms with Crippen molar-refractivity contribution < 1.29 is 5.11 Å². The molecule has 1 aromatic carbocycles. The zero-order valence-corrected chi connectivity index (χ0v) is 8.67. The van der Waals surface area contributed by atoms with E-state index in [2.05, 4.69) is 32.0 Å². The van der Waals surface area contributed by atoms with Gasteiger partial charge in [-0.25, -0.2) is 0 Å². The summed E-state index contributed by atoms with van der Waals surface area (Å²) in [6.45, 7) is 6.12. The van der Waals surface area contributed by atoms with E-state index in [0.29, 0.717) is 0 Å².